The van der Waals surface area contributed by atoms with E-state index in [2.05, 4.69) is 17.4 Å². The maximum Gasteiger partial charge on any atom is 0.287 e. The third-order valence-electron chi connectivity index (χ3n) is 3.85. The first-order valence-electron chi connectivity index (χ1n) is 8.64. The molecular weight excluding hydrogens is 314 g/mol. The van der Waals surface area contributed by atoms with Crippen molar-refractivity contribution in [3.63, 3.8) is 0 Å². The van der Waals surface area contributed by atoms with E-state index in [0.717, 1.165) is 29.6 Å². The molecule has 4 nitrogen and oxygen atoms in total. The summed E-state index contributed by atoms with van der Waals surface area (Å²) in [5, 5.41) is 3.85. The summed E-state index contributed by atoms with van der Waals surface area (Å²) >= 11 is 0. The highest BCUT2D eigenvalue weighted by Crippen LogP contribution is 2.19. The van der Waals surface area contributed by atoms with Crippen LogP contribution in [-0.4, -0.2) is 18.6 Å². The third-order valence-corrected chi connectivity index (χ3v) is 3.85. The van der Waals surface area contributed by atoms with Gasteiger partial charge in [-0.1, -0.05) is 30.3 Å². The molecule has 0 aliphatic carbocycles. The highest BCUT2D eigenvalue weighted by molar-refractivity contribution is 5.96. The van der Waals surface area contributed by atoms with Crippen molar-refractivity contribution in [2.75, 3.05) is 6.54 Å². The molecule has 0 fully saturated rings. The van der Waals surface area contributed by atoms with Gasteiger partial charge in [0.25, 0.3) is 5.91 Å². The molecule has 1 heterocycles. The fourth-order valence-corrected chi connectivity index (χ4v) is 2.72. The number of hydrogen-bond donors (Lipinski definition) is 1. The van der Waals surface area contributed by atoms with Crippen LogP contribution in [0, 0.1) is 0 Å². The first kappa shape index (κ1) is 17.1. The van der Waals surface area contributed by atoms with Crippen LogP contribution in [0.4, 0.5) is 0 Å². The molecule has 0 saturated carbocycles. The summed E-state index contributed by atoms with van der Waals surface area (Å²) < 4.78 is 11.3. The van der Waals surface area contributed by atoms with Crippen LogP contribution in [0.3, 0.4) is 0 Å². The van der Waals surface area contributed by atoms with E-state index in [1.807, 2.05) is 50.2 Å². The van der Waals surface area contributed by atoms with Gasteiger partial charge in [-0.3, -0.25) is 4.79 Å². The fraction of sp³-hybridized carbons (Fsp3) is 0.286. The highest BCUT2D eigenvalue weighted by atomic mass is 16.5. The van der Waals surface area contributed by atoms with Gasteiger partial charge in [0, 0.05) is 11.9 Å². The molecule has 2 aromatic carbocycles. The minimum Gasteiger partial charge on any atom is -0.491 e. The molecule has 1 aromatic heterocycles. The third kappa shape index (κ3) is 4.63. The summed E-state index contributed by atoms with van der Waals surface area (Å²) in [7, 11) is 0. The van der Waals surface area contributed by atoms with Crippen LogP contribution < -0.4 is 10.1 Å². The van der Waals surface area contributed by atoms with Crippen molar-refractivity contribution in [3.05, 3.63) is 65.9 Å². The van der Waals surface area contributed by atoms with Crippen LogP contribution >= 0.6 is 0 Å². The van der Waals surface area contributed by atoms with Crippen LogP contribution in [0.15, 0.2) is 59.0 Å². The number of carbonyl (C=O) groups is 1. The number of nitrogens with one attached hydrogen (secondary N) is 1. The van der Waals surface area contributed by atoms with E-state index in [4.69, 9.17) is 9.15 Å². The van der Waals surface area contributed by atoms with Crippen molar-refractivity contribution in [1.29, 1.82) is 0 Å². The Labute approximate surface area is 147 Å². The first-order valence-corrected chi connectivity index (χ1v) is 8.64. The summed E-state index contributed by atoms with van der Waals surface area (Å²) in [5.74, 6) is 1.07. The summed E-state index contributed by atoms with van der Waals surface area (Å²) in [4.78, 5) is 12.2. The van der Waals surface area contributed by atoms with Crippen molar-refractivity contribution in [2.24, 2.45) is 0 Å². The van der Waals surface area contributed by atoms with Crippen molar-refractivity contribution in [2.45, 2.75) is 32.8 Å². The van der Waals surface area contributed by atoms with E-state index in [-0.39, 0.29) is 12.0 Å². The average molecular weight is 337 g/mol. The summed E-state index contributed by atoms with van der Waals surface area (Å²) in [6, 6.07) is 17.5. The number of para-hydroxylation sites is 1. The first-order chi connectivity index (χ1) is 12.1. The van der Waals surface area contributed by atoms with Gasteiger partial charge in [0.05, 0.1) is 6.10 Å². The van der Waals surface area contributed by atoms with Crippen LogP contribution in [0.25, 0.3) is 11.0 Å². The number of carbonyl (C=O) groups excluding carboxylic acids is 1. The predicted octanol–water partition coefficient (Wildman–Crippen LogP) is 4.58. The molecular formula is C21H23NO3. The standard InChI is InChI=1S/C21H23NO3/c1-15(2)24-18-10-5-7-16(13-18)8-6-12-22-21(23)20-14-17-9-3-4-11-19(17)25-20/h3-5,7,9-11,13-15H,6,8,12H2,1-2H3,(H,22,23). The number of amides is 1. The van der Waals surface area contributed by atoms with Gasteiger partial charge in [0.15, 0.2) is 5.76 Å². The zero-order chi connectivity index (χ0) is 17.6. The van der Waals surface area contributed by atoms with Crippen molar-refractivity contribution >= 4 is 16.9 Å². The molecule has 130 valence electrons. The Balaban J connectivity index is 1.49. The second kappa shape index (κ2) is 7.88. The largest absolute Gasteiger partial charge is 0.491 e. The number of benzene rings is 2. The molecule has 0 atom stereocenters. The molecule has 0 unspecified atom stereocenters. The number of ether oxygens (including phenoxy) is 1. The molecule has 0 saturated heterocycles. The number of fused-ring (bicyclic) bond motifs is 1. The maximum absolute atomic E-state index is 12.2. The molecule has 0 aliphatic heterocycles. The Morgan fingerprint density at radius 1 is 1.12 bits per heavy atom. The molecule has 3 aromatic rings. The zero-order valence-electron chi connectivity index (χ0n) is 14.6. The lowest BCUT2D eigenvalue weighted by atomic mass is 10.1. The smallest absolute Gasteiger partial charge is 0.287 e. The molecule has 0 radical (unpaired) electrons. The van der Waals surface area contributed by atoms with E-state index < -0.39 is 0 Å². The van der Waals surface area contributed by atoms with Gasteiger partial charge in [0.2, 0.25) is 0 Å². The summed E-state index contributed by atoms with van der Waals surface area (Å²) in [5.41, 5.74) is 1.94. The van der Waals surface area contributed by atoms with Crippen LogP contribution in [-0.2, 0) is 6.42 Å². The van der Waals surface area contributed by atoms with E-state index in [1.165, 1.54) is 5.56 Å². The van der Waals surface area contributed by atoms with Crippen LogP contribution in [0.5, 0.6) is 5.75 Å². The monoisotopic (exact) mass is 337 g/mol. The Kier molecular flexibility index (Phi) is 5.39. The fourth-order valence-electron chi connectivity index (χ4n) is 2.72. The zero-order valence-corrected chi connectivity index (χ0v) is 14.6. The Bertz CT molecular complexity index is 818. The van der Waals surface area contributed by atoms with Gasteiger partial charge in [-0.05, 0) is 56.5 Å². The van der Waals surface area contributed by atoms with E-state index in [9.17, 15) is 4.79 Å². The molecule has 1 amide bonds. The molecule has 25 heavy (non-hydrogen) atoms. The lowest BCUT2D eigenvalue weighted by Gasteiger charge is -2.11. The summed E-state index contributed by atoms with van der Waals surface area (Å²) in [6.07, 6.45) is 1.91. The van der Waals surface area contributed by atoms with E-state index >= 15 is 0 Å². The van der Waals surface area contributed by atoms with Crippen molar-refractivity contribution in [1.82, 2.24) is 5.32 Å². The van der Waals surface area contributed by atoms with E-state index in [0.29, 0.717) is 12.3 Å². The summed E-state index contributed by atoms with van der Waals surface area (Å²) in [6.45, 7) is 4.63. The van der Waals surface area contributed by atoms with Gasteiger partial charge in [-0.15, -0.1) is 0 Å². The number of rotatable bonds is 7. The highest BCUT2D eigenvalue weighted by Gasteiger charge is 2.11. The minimum absolute atomic E-state index is 0.165. The lowest BCUT2D eigenvalue weighted by Crippen LogP contribution is -2.24. The molecule has 0 aliphatic rings. The number of aryl methyl sites for hydroxylation is 1. The average Bonchev–Trinajstić information content (AvgIpc) is 3.02. The quantitative estimate of drug-likeness (QED) is 0.642. The predicted molar refractivity (Wildman–Crippen MR) is 99.1 cm³/mol. The van der Waals surface area contributed by atoms with Gasteiger partial charge in [-0.2, -0.15) is 0 Å². The molecule has 0 bridgehead atoms. The normalized spacial score (nSPS) is 11.0. The molecule has 1 N–H and O–H groups in total. The lowest BCUT2D eigenvalue weighted by molar-refractivity contribution is 0.0927. The Hall–Kier alpha value is -2.75. The second-order valence-corrected chi connectivity index (χ2v) is 6.32. The molecule has 3 rings (SSSR count). The van der Waals surface area contributed by atoms with Crippen LogP contribution in [0.2, 0.25) is 0 Å². The maximum atomic E-state index is 12.2. The SMILES string of the molecule is CC(C)Oc1cccc(CCCNC(=O)c2cc3ccccc3o2)c1. The van der Waals surface area contributed by atoms with Gasteiger partial charge in [-0.25, -0.2) is 0 Å². The number of hydrogen-bond acceptors (Lipinski definition) is 3. The van der Waals surface area contributed by atoms with Crippen molar-refractivity contribution < 1.29 is 13.9 Å². The Morgan fingerprint density at radius 3 is 2.76 bits per heavy atom. The van der Waals surface area contributed by atoms with E-state index in [1.54, 1.807) is 6.07 Å². The van der Waals surface area contributed by atoms with Gasteiger partial charge >= 0.3 is 0 Å². The minimum atomic E-state index is -0.173. The van der Waals surface area contributed by atoms with Crippen LogP contribution in [0.1, 0.15) is 36.4 Å². The second-order valence-electron chi connectivity index (χ2n) is 6.32. The number of furan rings is 1. The topological polar surface area (TPSA) is 51.5 Å². The van der Waals surface area contributed by atoms with Crippen molar-refractivity contribution in [3.8, 4) is 5.75 Å². The molecule has 0 spiro atoms. The van der Waals surface area contributed by atoms with Gasteiger partial charge < -0.3 is 14.5 Å². The Morgan fingerprint density at radius 2 is 1.96 bits per heavy atom. The molecule has 4 heteroatoms. The van der Waals surface area contributed by atoms with Gasteiger partial charge in [0.1, 0.15) is 11.3 Å².